The molecule has 0 aliphatic rings. The van der Waals surface area contributed by atoms with Crippen LogP contribution in [0.2, 0.25) is 10.0 Å². The van der Waals surface area contributed by atoms with E-state index in [1.807, 2.05) is 6.07 Å². The third-order valence-electron chi connectivity index (χ3n) is 3.15. The van der Waals surface area contributed by atoms with Gasteiger partial charge in [0.05, 0.1) is 5.02 Å². The van der Waals surface area contributed by atoms with Gasteiger partial charge in [-0.2, -0.15) is 5.26 Å². The standard InChI is InChI=1S/C19H13Cl2FN2O2/c1-2-7-26-18-12(9-14(20)10-17(18)21)8-13(11-23)19(25)24-16-5-3-15(22)4-6-16/h2-6,8-10H,1,7H2,(H,24,25)/b13-8+. The molecule has 2 aromatic rings. The first kappa shape index (κ1) is 19.5. The van der Waals surface area contributed by atoms with Gasteiger partial charge in [-0.25, -0.2) is 4.39 Å². The van der Waals surface area contributed by atoms with Crippen LogP contribution < -0.4 is 10.1 Å². The molecule has 7 heteroatoms. The molecular weight excluding hydrogens is 378 g/mol. The SMILES string of the molecule is C=CCOc1c(Cl)cc(Cl)cc1/C=C(\C#N)C(=O)Nc1ccc(F)cc1. The van der Waals surface area contributed by atoms with Gasteiger partial charge in [-0.3, -0.25) is 4.79 Å². The number of ether oxygens (including phenoxy) is 1. The molecule has 26 heavy (non-hydrogen) atoms. The third-order valence-corrected chi connectivity index (χ3v) is 3.65. The van der Waals surface area contributed by atoms with E-state index in [1.54, 1.807) is 0 Å². The fraction of sp³-hybridized carbons (Fsp3) is 0.0526. The number of anilines is 1. The Morgan fingerprint density at radius 2 is 2.00 bits per heavy atom. The predicted molar refractivity (Wildman–Crippen MR) is 101 cm³/mol. The van der Waals surface area contributed by atoms with Crippen LogP contribution >= 0.6 is 23.2 Å². The van der Waals surface area contributed by atoms with E-state index < -0.39 is 11.7 Å². The average Bonchev–Trinajstić information content (AvgIpc) is 2.60. The minimum atomic E-state index is -0.662. The van der Waals surface area contributed by atoms with Crippen LogP contribution in [-0.4, -0.2) is 12.5 Å². The number of nitrogens with one attached hydrogen (secondary N) is 1. The second-order valence-electron chi connectivity index (χ2n) is 5.04. The Morgan fingerprint density at radius 1 is 1.31 bits per heavy atom. The predicted octanol–water partition coefficient (Wildman–Crippen LogP) is 5.24. The van der Waals surface area contributed by atoms with E-state index in [-0.39, 0.29) is 23.0 Å². The highest BCUT2D eigenvalue weighted by atomic mass is 35.5. The van der Waals surface area contributed by atoms with Crippen LogP contribution in [-0.2, 0) is 4.79 Å². The van der Waals surface area contributed by atoms with Crippen molar-refractivity contribution in [3.05, 3.63) is 76.1 Å². The van der Waals surface area contributed by atoms with Crippen molar-refractivity contribution < 1.29 is 13.9 Å². The Bertz CT molecular complexity index is 903. The first-order valence-corrected chi connectivity index (χ1v) is 8.11. The Kier molecular flexibility index (Phi) is 6.79. The Balaban J connectivity index is 2.35. The molecule has 0 saturated heterocycles. The summed E-state index contributed by atoms with van der Waals surface area (Å²) in [5, 5.41) is 12.4. The molecule has 132 valence electrons. The smallest absolute Gasteiger partial charge is 0.266 e. The number of carbonyl (C=O) groups is 1. The number of halogens is 3. The largest absolute Gasteiger partial charge is 0.487 e. The van der Waals surface area contributed by atoms with Gasteiger partial charge in [-0.15, -0.1) is 0 Å². The minimum absolute atomic E-state index is 0.186. The summed E-state index contributed by atoms with van der Waals surface area (Å²) >= 11 is 12.1. The molecule has 0 bridgehead atoms. The fourth-order valence-corrected chi connectivity index (χ4v) is 2.58. The van der Waals surface area contributed by atoms with Crippen LogP contribution in [0.4, 0.5) is 10.1 Å². The van der Waals surface area contributed by atoms with Crippen molar-refractivity contribution in [2.45, 2.75) is 0 Å². The average molecular weight is 391 g/mol. The van der Waals surface area contributed by atoms with Crippen molar-refractivity contribution in [1.82, 2.24) is 0 Å². The first-order valence-electron chi connectivity index (χ1n) is 7.36. The van der Waals surface area contributed by atoms with Gasteiger partial charge < -0.3 is 10.1 Å². The molecule has 0 aliphatic heterocycles. The van der Waals surface area contributed by atoms with Crippen LogP contribution in [0.1, 0.15) is 5.56 Å². The zero-order chi connectivity index (χ0) is 19.1. The molecule has 2 aromatic carbocycles. The highest BCUT2D eigenvalue weighted by molar-refractivity contribution is 6.36. The van der Waals surface area contributed by atoms with Crippen LogP contribution in [0.15, 0.2) is 54.6 Å². The van der Waals surface area contributed by atoms with Crippen molar-refractivity contribution >= 4 is 40.9 Å². The van der Waals surface area contributed by atoms with Gasteiger partial charge in [0.1, 0.15) is 29.8 Å². The van der Waals surface area contributed by atoms with Gasteiger partial charge >= 0.3 is 0 Å². The quantitative estimate of drug-likeness (QED) is 0.416. The van der Waals surface area contributed by atoms with Gasteiger partial charge in [0.15, 0.2) is 0 Å². The summed E-state index contributed by atoms with van der Waals surface area (Å²) in [5.74, 6) is -0.820. The minimum Gasteiger partial charge on any atom is -0.487 e. The monoisotopic (exact) mass is 390 g/mol. The summed E-state index contributed by atoms with van der Waals surface area (Å²) in [7, 11) is 0. The molecule has 0 spiro atoms. The Hall–Kier alpha value is -2.81. The lowest BCUT2D eigenvalue weighted by molar-refractivity contribution is -0.112. The number of nitriles is 1. The van der Waals surface area contributed by atoms with Crippen LogP contribution in [0.5, 0.6) is 5.75 Å². The molecule has 0 fully saturated rings. The molecule has 0 saturated carbocycles. The number of rotatable bonds is 6. The third kappa shape index (κ3) is 5.09. The molecule has 4 nitrogen and oxygen atoms in total. The number of hydrogen-bond donors (Lipinski definition) is 1. The van der Waals surface area contributed by atoms with E-state index in [4.69, 9.17) is 27.9 Å². The van der Waals surface area contributed by atoms with Crippen molar-refractivity contribution in [2.24, 2.45) is 0 Å². The highest BCUT2D eigenvalue weighted by Gasteiger charge is 2.14. The molecule has 1 N–H and O–H groups in total. The van der Waals surface area contributed by atoms with E-state index in [0.717, 1.165) is 0 Å². The van der Waals surface area contributed by atoms with Crippen LogP contribution in [0, 0.1) is 17.1 Å². The van der Waals surface area contributed by atoms with E-state index in [1.165, 1.54) is 48.6 Å². The van der Waals surface area contributed by atoms with Gasteiger partial charge in [-0.05, 0) is 42.5 Å². The fourth-order valence-electron chi connectivity index (χ4n) is 2.02. The summed E-state index contributed by atoms with van der Waals surface area (Å²) in [6.45, 7) is 3.74. The maximum Gasteiger partial charge on any atom is 0.266 e. The maximum atomic E-state index is 12.9. The van der Waals surface area contributed by atoms with Crippen molar-refractivity contribution in [3.63, 3.8) is 0 Å². The molecule has 0 heterocycles. The van der Waals surface area contributed by atoms with Crippen LogP contribution in [0.3, 0.4) is 0 Å². The first-order chi connectivity index (χ1) is 12.4. The normalized spacial score (nSPS) is 10.8. The van der Waals surface area contributed by atoms with Gasteiger partial charge in [0, 0.05) is 16.3 Å². The lowest BCUT2D eigenvalue weighted by Gasteiger charge is -2.11. The second kappa shape index (κ2) is 9.04. The topological polar surface area (TPSA) is 62.1 Å². The van der Waals surface area contributed by atoms with Crippen molar-refractivity contribution in [3.8, 4) is 11.8 Å². The second-order valence-corrected chi connectivity index (χ2v) is 5.88. The molecule has 0 radical (unpaired) electrons. The summed E-state index contributed by atoms with van der Waals surface area (Å²) in [6.07, 6.45) is 2.85. The van der Waals surface area contributed by atoms with E-state index >= 15 is 0 Å². The van der Waals surface area contributed by atoms with Gasteiger partial charge in [0.2, 0.25) is 0 Å². The lowest BCUT2D eigenvalue weighted by Crippen LogP contribution is -2.13. The molecule has 0 aliphatic carbocycles. The zero-order valence-electron chi connectivity index (χ0n) is 13.4. The molecule has 0 aromatic heterocycles. The van der Waals surface area contributed by atoms with Crippen LogP contribution in [0.25, 0.3) is 6.08 Å². The molecular formula is C19H13Cl2FN2O2. The van der Waals surface area contributed by atoms with Gasteiger partial charge in [0.25, 0.3) is 5.91 Å². The Labute approximate surface area is 160 Å². The molecule has 0 atom stereocenters. The molecule has 0 unspecified atom stereocenters. The number of nitrogens with zero attached hydrogens (tertiary/aromatic N) is 1. The zero-order valence-corrected chi connectivity index (χ0v) is 14.9. The van der Waals surface area contributed by atoms with E-state index in [2.05, 4.69) is 11.9 Å². The summed E-state index contributed by atoms with van der Waals surface area (Å²) in [4.78, 5) is 12.3. The number of benzene rings is 2. The van der Waals surface area contributed by atoms with Gasteiger partial charge in [-0.1, -0.05) is 35.9 Å². The summed E-state index contributed by atoms with van der Waals surface area (Å²) < 4.78 is 18.4. The van der Waals surface area contributed by atoms with Crippen molar-refractivity contribution in [1.29, 1.82) is 5.26 Å². The Morgan fingerprint density at radius 3 is 2.62 bits per heavy atom. The lowest BCUT2D eigenvalue weighted by atomic mass is 10.1. The van der Waals surface area contributed by atoms with Crippen molar-refractivity contribution in [2.75, 3.05) is 11.9 Å². The molecule has 1 amide bonds. The summed E-state index contributed by atoms with van der Waals surface area (Å²) in [5.41, 5.74) is 0.524. The number of amides is 1. The maximum absolute atomic E-state index is 12.9. The molecule has 2 rings (SSSR count). The van der Waals surface area contributed by atoms with E-state index in [0.29, 0.717) is 16.3 Å². The van der Waals surface area contributed by atoms with E-state index in [9.17, 15) is 14.4 Å². The number of carbonyl (C=O) groups excluding carboxylic acids is 1. The summed E-state index contributed by atoms with van der Waals surface area (Å²) in [6, 6.07) is 10.00. The number of hydrogen-bond acceptors (Lipinski definition) is 3. The highest BCUT2D eigenvalue weighted by Crippen LogP contribution is 2.34.